The van der Waals surface area contributed by atoms with Crippen molar-refractivity contribution in [1.29, 1.82) is 0 Å². The smallest absolute Gasteiger partial charge is 0.257 e. The monoisotopic (exact) mass is 380 g/mol. The Morgan fingerprint density at radius 3 is 2.61 bits per heavy atom. The molecule has 1 aromatic heterocycles. The van der Waals surface area contributed by atoms with E-state index in [2.05, 4.69) is 20.8 Å². The minimum Gasteiger partial charge on any atom is -0.454 e. The van der Waals surface area contributed by atoms with Crippen molar-refractivity contribution in [3.63, 3.8) is 0 Å². The topological polar surface area (TPSA) is 85.4 Å². The normalized spacial score (nSPS) is 11.9. The maximum absolute atomic E-state index is 13.6. The molecule has 4 rings (SSSR count). The number of hydrogen-bond acceptors (Lipinski definition) is 6. The quantitative estimate of drug-likeness (QED) is 0.683. The second-order valence-corrected chi connectivity index (χ2v) is 6.09. The van der Waals surface area contributed by atoms with Gasteiger partial charge in [0, 0.05) is 12.1 Å². The summed E-state index contributed by atoms with van der Waals surface area (Å²) in [6.45, 7) is 0.662. The molecule has 0 aliphatic carbocycles. The van der Waals surface area contributed by atoms with Crippen molar-refractivity contribution in [2.75, 3.05) is 24.0 Å². The van der Waals surface area contributed by atoms with E-state index in [0.29, 0.717) is 47.2 Å². The summed E-state index contributed by atoms with van der Waals surface area (Å²) in [4.78, 5) is 12.3. The van der Waals surface area contributed by atoms with Crippen LogP contribution >= 0.6 is 0 Å². The van der Waals surface area contributed by atoms with E-state index in [1.807, 2.05) is 0 Å². The zero-order chi connectivity index (χ0) is 19.3. The van der Waals surface area contributed by atoms with E-state index < -0.39 is 0 Å². The SMILES string of the molecule is O=C(Nc1ccc(NCCc2ccccc2F)nn1)c1ccc2c(c1)OCO2. The number of fused-ring (bicyclic) bond motifs is 1. The molecule has 0 unspecified atom stereocenters. The number of benzene rings is 2. The van der Waals surface area contributed by atoms with Gasteiger partial charge in [-0.2, -0.15) is 0 Å². The van der Waals surface area contributed by atoms with Crippen LogP contribution in [-0.4, -0.2) is 29.4 Å². The molecule has 7 nitrogen and oxygen atoms in total. The van der Waals surface area contributed by atoms with Gasteiger partial charge in [0.2, 0.25) is 6.79 Å². The Balaban J connectivity index is 1.32. The molecular weight excluding hydrogens is 363 g/mol. The summed E-state index contributed by atoms with van der Waals surface area (Å²) in [7, 11) is 0. The van der Waals surface area contributed by atoms with Crippen molar-refractivity contribution in [1.82, 2.24) is 10.2 Å². The van der Waals surface area contributed by atoms with Crippen molar-refractivity contribution in [2.24, 2.45) is 0 Å². The minimum atomic E-state index is -0.326. The van der Waals surface area contributed by atoms with Crippen LogP contribution in [0.15, 0.2) is 54.6 Å². The van der Waals surface area contributed by atoms with E-state index in [1.54, 1.807) is 48.5 Å². The molecule has 8 heteroatoms. The first kappa shape index (κ1) is 17.7. The highest BCUT2D eigenvalue weighted by molar-refractivity contribution is 6.04. The first-order valence-corrected chi connectivity index (χ1v) is 8.71. The van der Waals surface area contributed by atoms with Crippen LogP contribution in [0.3, 0.4) is 0 Å². The first-order chi connectivity index (χ1) is 13.7. The van der Waals surface area contributed by atoms with Crippen LogP contribution in [0.5, 0.6) is 11.5 Å². The van der Waals surface area contributed by atoms with Crippen LogP contribution in [0.25, 0.3) is 0 Å². The Bertz CT molecular complexity index is 995. The summed E-state index contributed by atoms with van der Waals surface area (Å²) < 4.78 is 24.1. The number of hydrogen-bond donors (Lipinski definition) is 2. The summed E-state index contributed by atoms with van der Waals surface area (Å²) in [5.41, 5.74) is 1.06. The fourth-order valence-corrected chi connectivity index (χ4v) is 2.75. The van der Waals surface area contributed by atoms with E-state index in [4.69, 9.17) is 9.47 Å². The summed E-state index contributed by atoms with van der Waals surface area (Å²) in [5.74, 6) is 1.46. The van der Waals surface area contributed by atoms with Gasteiger partial charge in [0.1, 0.15) is 11.6 Å². The number of amides is 1. The van der Waals surface area contributed by atoms with Crippen LogP contribution in [0.4, 0.5) is 16.0 Å². The van der Waals surface area contributed by atoms with Crippen LogP contribution in [0, 0.1) is 5.82 Å². The van der Waals surface area contributed by atoms with Gasteiger partial charge in [0.15, 0.2) is 17.3 Å². The third-order valence-corrected chi connectivity index (χ3v) is 4.20. The number of nitrogens with one attached hydrogen (secondary N) is 2. The summed E-state index contributed by atoms with van der Waals surface area (Å²) >= 11 is 0. The average Bonchev–Trinajstić information content (AvgIpc) is 3.18. The lowest BCUT2D eigenvalue weighted by molar-refractivity contribution is 0.102. The standard InChI is InChI=1S/C20H17FN4O3/c21-15-4-2-1-3-13(15)9-10-22-18-7-8-19(25-24-18)23-20(26)14-5-6-16-17(11-14)28-12-27-16/h1-8,11H,9-10,12H2,(H,22,24)(H,23,25,26). The van der Waals surface area contributed by atoms with Gasteiger partial charge in [-0.15, -0.1) is 10.2 Å². The van der Waals surface area contributed by atoms with E-state index in [9.17, 15) is 9.18 Å². The highest BCUT2D eigenvalue weighted by Crippen LogP contribution is 2.32. The molecular formula is C20H17FN4O3. The Morgan fingerprint density at radius 2 is 1.79 bits per heavy atom. The second-order valence-electron chi connectivity index (χ2n) is 6.09. The zero-order valence-corrected chi connectivity index (χ0v) is 14.8. The highest BCUT2D eigenvalue weighted by Gasteiger charge is 2.16. The number of rotatable bonds is 6. The van der Waals surface area contributed by atoms with Gasteiger partial charge in [-0.25, -0.2) is 4.39 Å². The number of aromatic nitrogens is 2. The van der Waals surface area contributed by atoms with Gasteiger partial charge in [-0.3, -0.25) is 4.79 Å². The highest BCUT2D eigenvalue weighted by atomic mass is 19.1. The van der Waals surface area contributed by atoms with Gasteiger partial charge < -0.3 is 20.1 Å². The lowest BCUT2D eigenvalue weighted by Crippen LogP contribution is -2.14. The largest absolute Gasteiger partial charge is 0.454 e. The number of nitrogens with zero attached hydrogens (tertiary/aromatic N) is 2. The average molecular weight is 380 g/mol. The van der Waals surface area contributed by atoms with E-state index in [0.717, 1.165) is 0 Å². The fourth-order valence-electron chi connectivity index (χ4n) is 2.75. The molecule has 142 valence electrons. The molecule has 2 N–H and O–H groups in total. The molecule has 0 saturated heterocycles. The third kappa shape index (κ3) is 4.01. The third-order valence-electron chi connectivity index (χ3n) is 4.20. The fraction of sp³-hybridized carbons (Fsp3) is 0.150. The maximum Gasteiger partial charge on any atom is 0.257 e. The molecule has 3 aromatic rings. The molecule has 0 radical (unpaired) electrons. The van der Waals surface area contributed by atoms with Crippen molar-refractivity contribution in [2.45, 2.75) is 6.42 Å². The Hall–Kier alpha value is -3.68. The van der Waals surface area contributed by atoms with E-state index in [1.165, 1.54) is 6.07 Å². The molecule has 1 amide bonds. The van der Waals surface area contributed by atoms with Crippen molar-refractivity contribution >= 4 is 17.5 Å². The molecule has 2 heterocycles. The first-order valence-electron chi connectivity index (χ1n) is 8.71. The van der Waals surface area contributed by atoms with Crippen molar-refractivity contribution < 1.29 is 18.7 Å². The van der Waals surface area contributed by atoms with Crippen LogP contribution in [-0.2, 0) is 6.42 Å². The predicted octanol–water partition coefficient (Wildman–Crippen LogP) is 3.25. The van der Waals surface area contributed by atoms with Crippen LogP contribution in [0.1, 0.15) is 15.9 Å². The lowest BCUT2D eigenvalue weighted by Gasteiger charge is -2.08. The molecule has 2 aromatic carbocycles. The Kier molecular flexibility index (Phi) is 5.01. The molecule has 1 aliphatic rings. The maximum atomic E-state index is 13.6. The lowest BCUT2D eigenvalue weighted by atomic mass is 10.1. The number of carbonyl (C=O) groups excluding carboxylic acids is 1. The van der Waals surface area contributed by atoms with Gasteiger partial charge in [0.05, 0.1) is 0 Å². The van der Waals surface area contributed by atoms with Crippen molar-refractivity contribution in [3.05, 3.63) is 71.5 Å². The molecule has 0 saturated carbocycles. The number of anilines is 2. The van der Waals surface area contributed by atoms with Gasteiger partial charge in [-0.1, -0.05) is 18.2 Å². The van der Waals surface area contributed by atoms with Gasteiger partial charge >= 0.3 is 0 Å². The van der Waals surface area contributed by atoms with E-state index >= 15 is 0 Å². The molecule has 1 aliphatic heterocycles. The second kappa shape index (κ2) is 7.91. The minimum absolute atomic E-state index is 0.150. The number of ether oxygens (including phenoxy) is 2. The summed E-state index contributed by atoms with van der Waals surface area (Å²) in [5, 5.41) is 13.8. The molecule has 0 spiro atoms. The molecule has 0 fully saturated rings. The van der Waals surface area contributed by atoms with Gasteiger partial charge in [0.25, 0.3) is 5.91 Å². The predicted molar refractivity (Wildman–Crippen MR) is 101 cm³/mol. The zero-order valence-electron chi connectivity index (χ0n) is 14.8. The van der Waals surface area contributed by atoms with Crippen LogP contribution in [0.2, 0.25) is 0 Å². The Morgan fingerprint density at radius 1 is 1.00 bits per heavy atom. The van der Waals surface area contributed by atoms with Crippen LogP contribution < -0.4 is 20.1 Å². The Labute approximate surface area is 160 Å². The number of carbonyl (C=O) groups is 1. The summed E-state index contributed by atoms with van der Waals surface area (Å²) in [6.07, 6.45) is 0.525. The summed E-state index contributed by atoms with van der Waals surface area (Å²) in [6, 6.07) is 14.9. The van der Waals surface area contributed by atoms with E-state index in [-0.39, 0.29) is 18.5 Å². The molecule has 0 atom stereocenters. The van der Waals surface area contributed by atoms with Gasteiger partial charge in [-0.05, 0) is 48.4 Å². The van der Waals surface area contributed by atoms with Crippen molar-refractivity contribution in [3.8, 4) is 11.5 Å². The number of halogens is 1. The molecule has 28 heavy (non-hydrogen) atoms. The molecule has 0 bridgehead atoms.